The predicted octanol–water partition coefficient (Wildman–Crippen LogP) is 4.43. The van der Waals surface area contributed by atoms with Crippen molar-refractivity contribution in [3.8, 4) is 11.5 Å². The van der Waals surface area contributed by atoms with E-state index in [1.165, 1.54) is 0 Å². The third-order valence-electron chi connectivity index (χ3n) is 6.84. The van der Waals surface area contributed by atoms with E-state index in [1.807, 2.05) is 53.4 Å². The Morgan fingerprint density at radius 3 is 2.14 bits per heavy atom. The Hall–Kier alpha value is -3.81. The van der Waals surface area contributed by atoms with Gasteiger partial charge in [0.1, 0.15) is 11.5 Å². The lowest BCUT2D eigenvalue weighted by Gasteiger charge is -2.24. The van der Waals surface area contributed by atoms with E-state index in [0.717, 1.165) is 54.7 Å². The van der Waals surface area contributed by atoms with E-state index >= 15 is 0 Å². The Balaban J connectivity index is 1.33. The Bertz CT molecular complexity index is 1150. The summed E-state index contributed by atoms with van der Waals surface area (Å²) in [6.45, 7) is 1.32. The molecule has 1 aromatic heterocycles. The van der Waals surface area contributed by atoms with Gasteiger partial charge in [-0.3, -0.25) is 9.59 Å². The van der Waals surface area contributed by atoms with E-state index in [4.69, 9.17) is 14.0 Å². The fraction of sp³-hybridized carbons (Fsp3) is 0.414. The summed E-state index contributed by atoms with van der Waals surface area (Å²) in [4.78, 5) is 27.7. The molecule has 4 rings (SSSR count). The van der Waals surface area contributed by atoms with E-state index in [2.05, 4.69) is 10.5 Å². The smallest absolute Gasteiger partial charge is 0.273 e. The fourth-order valence-corrected chi connectivity index (χ4v) is 4.64. The van der Waals surface area contributed by atoms with Gasteiger partial charge in [-0.2, -0.15) is 0 Å². The number of aromatic nitrogens is 1. The molecule has 0 saturated heterocycles. The van der Waals surface area contributed by atoms with Crippen LogP contribution >= 0.6 is 0 Å². The Morgan fingerprint density at radius 1 is 0.946 bits per heavy atom. The minimum Gasteiger partial charge on any atom is -0.497 e. The van der Waals surface area contributed by atoms with Gasteiger partial charge in [-0.25, -0.2) is 0 Å². The number of hydrogen-bond acceptors (Lipinski definition) is 6. The summed E-state index contributed by atoms with van der Waals surface area (Å²) in [6, 6.07) is 17.2. The summed E-state index contributed by atoms with van der Waals surface area (Å²) >= 11 is 0. The third-order valence-corrected chi connectivity index (χ3v) is 6.84. The zero-order chi connectivity index (χ0) is 26.0. The van der Waals surface area contributed by atoms with Crippen LogP contribution in [0, 0.1) is 5.92 Å². The minimum absolute atomic E-state index is 0.0551. The van der Waals surface area contributed by atoms with Crippen molar-refractivity contribution in [3.63, 3.8) is 0 Å². The molecule has 0 unspecified atom stereocenters. The number of ether oxygens (including phenoxy) is 2. The van der Waals surface area contributed by atoms with Gasteiger partial charge in [0, 0.05) is 25.1 Å². The number of nitrogens with one attached hydrogen (secondary N) is 1. The van der Waals surface area contributed by atoms with Gasteiger partial charge in [0.15, 0.2) is 11.5 Å². The molecule has 1 saturated carbocycles. The van der Waals surface area contributed by atoms with E-state index in [1.54, 1.807) is 20.3 Å². The highest BCUT2D eigenvalue weighted by Crippen LogP contribution is 2.27. The van der Waals surface area contributed by atoms with E-state index in [9.17, 15) is 9.59 Å². The number of methoxy groups -OCH3 is 2. The van der Waals surface area contributed by atoms with Crippen LogP contribution in [0.15, 0.2) is 59.1 Å². The fourth-order valence-electron chi connectivity index (χ4n) is 4.64. The molecule has 3 aromatic rings. The number of carbonyl (C=O) groups is 2. The number of nitrogens with zero attached hydrogens (tertiary/aromatic N) is 2. The third kappa shape index (κ3) is 7.35. The zero-order valence-corrected chi connectivity index (χ0v) is 21.6. The van der Waals surface area contributed by atoms with Crippen molar-refractivity contribution in [2.45, 2.75) is 45.1 Å². The average Bonchev–Trinajstić information content (AvgIpc) is 3.64. The van der Waals surface area contributed by atoms with Crippen LogP contribution in [-0.2, 0) is 24.2 Å². The SMILES string of the molecule is COc1ccc(CCNC(=O)c2cc(CN(CCc3ccc(OC)cc3)C(=O)C3CCCC3)on2)cc1. The Morgan fingerprint density at radius 2 is 1.54 bits per heavy atom. The maximum Gasteiger partial charge on any atom is 0.273 e. The van der Waals surface area contributed by atoms with Crippen molar-refractivity contribution < 1.29 is 23.6 Å². The first-order chi connectivity index (χ1) is 18.1. The molecule has 196 valence electrons. The van der Waals surface area contributed by atoms with Crippen molar-refractivity contribution in [2.24, 2.45) is 5.92 Å². The van der Waals surface area contributed by atoms with E-state index in [-0.39, 0.29) is 30.0 Å². The maximum absolute atomic E-state index is 13.3. The first-order valence-electron chi connectivity index (χ1n) is 12.8. The molecule has 0 spiro atoms. The number of amides is 2. The zero-order valence-electron chi connectivity index (χ0n) is 21.6. The first kappa shape index (κ1) is 26.3. The topological polar surface area (TPSA) is 93.9 Å². The van der Waals surface area contributed by atoms with Gasteiger partial charge in [0.2, 0.25) is 5.91 Å². The van der Waals surface area contributed by atoms with Gasteiger partial charge in [-0.1, -0.05) is 42.3 Å². The largest absolute Gasteiger partial charge is 0.497 e. The molecule has 2 amide bonds. The number of carbonyl (C=O) groups excluding carboxylic acids is 2. The van der Waals surface area contributed by atoms with Gasteiger partial charge in [0.05, 0.1) is 20.8 Å². The summed E-state index contributed by atoms with van der Waals surface area (Å²) in [5, 5.41) is 6.84. The van der Waals surface area contributed by atoms with Crippen molar-refractivity contribution in [1.82, 2.24) is 15.4 Å². The molecule has 0 radical (unpaired) electrons. The van der Waals surface area contributed by atoms with Crippen LogP contribution in [0.25, 0.3) is 0 Å². The normalized spacial score (nSPS) is 13.4. The lowest BCUT2D eigenvalue weighted by Crippen LogP contribution is -2.36. The maximum atomic E-state index is 13.3. The number of rotatable bonds is 12. The second-order valence-electron chi connectivity index (χ2n) is 9.37. The lowest BCUT2D eigenvalue weighted by atomic mass is 10.1. The van der Waals surface area contributed by atoms with Crippen molar-refractivity contribution in [2.75, 3.05) is 27.3 Å². The molecule has 1 aliphatic carbocycles. The summed E-state index contributed by atoms with van der Waals surface area (Å²) in [6.07, 6.45) is 5.44. The highest BCUT2D eigenvalue weighted by Gasteiger charge is 2.28. The molecule has 1 N–H and O–H groups in total. The lowest BCUT2D eigenvalue weighted by molar-refractivity contribution is -0.136. The first-order valence-corrected chi connectivity index (χ1v) is 12.8. The molecule has 0 bridgehead atoms. The van der Waals surface area contributed by atoms with Gasteiger partial charge >= 0.3 is 0 Å². The Kier molecular flexibility index (Phi) is 9.18. The molecule has 8 heteroatoms. The molecule has 2 aromatic carbocycles. The van der Waals surface area contributed by atoms with Crippen molar-refractivity contribution in [3.05, 3.63) is 77.2 Å². The summed E-state index contributed by atoms with van der Waals surface area (Å²) < 4.78 is 15.9. The van der Waals surface area contributed by atoms with Crippen LogP contribution in [0.1, 0.15) is 53.1 Å². The van der Waals surface area contributed by atoms with Crippen LogP contribution < -0.4 is 14.8 Å². The summed E-state index contributed by atoms with van der Waals surface area (Å²) in [5.41, 5.74) is 2.44. The van der Waals surface area contributed by atoms with E-state index < -0.39 is 0 Å². The quantitative estimate of drug-likeness (QED) is 0.392. The van der Waals surface area contributed by atoms with Crippen LogP contribution in [0.3, 0.4) is 0 Å². The average molecular weight is 506 g/mol. The van der Waals surface area contributed by atoms with Crippen molar-refractivity contribution in [1.29, 1.82) is 0 Å². The molecule has 0 atom stereocenters. The van der Waals surface area contributed by atoms with Crippen LogP contribution in [0.5, 0.6) is 11.5 Å². The van der Waals surface area contributed by atoms with Gasteiger partial charge < -0.3 is 24.2 Å². The van der Waals surface area contributed by atoms with Gasteiger partial charge in [0.25, 0.3) is 5.91 Å². The number of benzene rings is 2. The number of hydrogen-bond donors (Lipinski definition) is 1. The molecule has 37 heavy (non-hydrogen) atoms. The molecule has 1 heterocycles. The highest BCUT2D eigenvalue weighted by atomic mass is 16.5. The van der Waals surface area contributed by atoms with Crippen LogP contribution in [-0.4, -0.2) is 49.2 Å². The van der Waals surface area contributed by atoms with Gasteiger partial charge in [-0.05, 0) is 61.1 Å². The molecule has 1 fully saturated rings. The van der Waals surface area contributed by atoms with Crippen LogP contribution in [0.2, 0.25) is 0 Å². The van der Waals surface area contributed by atoms with Crippen molar-refractivity contribution >= 4 is 11.8 Å². The van der Waals surface area contributed by atoms with Gasteiger partial charge in [-0.15, -0.1) is 0 Å². The monoisotopic (exact) mass is 505 g/mol. The highest BCUT2D eigenvalue weighted by molar-refractivity contribution is 5.92. The second-order valence-corrected chi connectivity index (χ2v) is 9.37. The molecular weight excluding hydrogens is 470 g/mol. The minimum atomic E-state index is -0.296. The molecule has 0 aliphatic heterocycles. The molecular formula is C29H35N3O5. The Labute approximate surface area is 217 Å². The predicted molar refractivity (Wildman–Crippen MR) is 140 cm³/mol. The van der Waals surface area contributed by atoms with Crippen LogP contribution in [0.4, 0.5) is 0 Å². The second kappa shape index (κ2) is 12.9. The summed E-state index contributed by atoms with van der Waals surface area (Å²) in [7, 11) is 3.27. The van der Waals surface area contributed by atoms with E-state index in [0.29, 0.717) is 25.3 Å². The standard InChI is InChI=1S/C29H35N3O5/c1-35-24-11-7-21(8-12-24)15-17-30-28(33)27-19-26(37-31-27)20-32(29(34)23-5-3-4-6-23)18-16-22-9-13-25(36-2)14-10-22/h7-14,19,23H,3-6,15-18,20H2,1-2H3,(H,30,33). The molecule has 1 aliphatic rings. The molecule has 8 nitrogen and oxygen atoms in total. The summed E-state index contributed by atoms with van der Waals surface area (Å²) in [5.74, 6) is 2.01.